The lowest BCUT2D eigenvalue weighted by Gasteiger charge is -1.99. The molecule has 0 aromatic heterocycles. The van der Waals surface area contributed by atoms with E-state index in [1.807, 2.05) is 31.2 Å². The summed E-state index contributed by atoms with van der Waals surface area (Å²) in [6.07, 6.45) is 19.1. The average molecular weight is 659 g/mol. The smallest absolute Gasteiger partial charge is 0.129 e. The highest BCUT2D eigenvalue weighted by Gasteiger charge is 1.98. The number of hydrogen-bond donors (Lipinski definition) is 2. The number of hydrazine groups is 1. The van der Waals surface area contributed by atoms with Crippen LogP contribution in [0.4, 0.5) is 0 Å². The summed E-state index contributed by atoms with van der Waals surface area (Å²) in [6.45, 7) is 14.8. The Bertz CT molecular complexity index is 1050. The van der Waals surface area contributed by atoms with Gasteiger partial charge in [0, 0.05) is 37.0 Å². The summed E-state index contributed by atoms with van der Waals surface area (Å²) in [5.74, 6) is 5.39. The van der Waals surface area contributed by atoms with Gasteiger partial charge in [-0.05, 0) is 64.0 Å². The third kappa shape index (κ3) is 30.9. The molecule has 0 bridgehead atoms. The molecule has 3 rings (SSSR count). The number of nitrogens with zero attached hydrogens (tertiary/aromatic N) is 2. The molecular formula is C38H59Cl2N4O+. The predicted molar refractivity (Wildman–Crippen MR) is 203 cm³/mol. The second-order valence-corrected chi connectivity index (χ2v) is 10.4. The highest BCUT2D eigenvalue weighted by Crippen LogP contribution is 2.02. The molecule has 45 heavy (non-hydrogen) atoms. The molecule has 1 aliphatic rings. The average Bonchev–Trinajstić information content (AvgIpc) is 3.00. The van der Waals surface area contributed by atoms with E-state index >= 15 is 0 Å². The lowest BCUT2D eigenvalue weighted by molar-refractivity contribution is -0.117. The predicted octanol–water partition coefficient (Wildman–Crippen LogP) is 9.50. The minimum absolute atomic E-state index is 0. The highest BCUT2D eigenvalue weighted by atomic mass is 35.5. The maximum atomic E-state index is 10.0. The molecule has 1 aliphatic carbocycles. The van der Waals surface area contributed by atoms with E-state index in [1.165, 1.54) is 41.0 Å². The number of aliphatic imine (C=N–C) groups is 2. The fraction of sp³-hybridized carbons (Fsp3) is 0.447. The Labute approximate surface area is 287 Å². The molecule has 0 saturated heterocycles. The zero-order valence-electron chi connectivity index (χ0n) is 28.6. The van der Waals surface area contributed by atoms with E-state index < -0.39 is 0 Å². The van der Waals surface area contributed by atoms with Crippen LogP contribution in [0, 0.1) is 6.08 Å². The van der Waals surface area contributed by atoms with Gasteiger partial charge in [0.1, 0.15) is 17.9 Å². The Morgan fingerprint density at radius 1 is 0.733 bits per heavy atom. The van der Waals surface area contributed by atoms with Crippen molar-refractivity contribution in [2.75, 3.05) is 19.6 Å². The molecule has 2 aromatic carbocycles. The number of carbonyl (C=O) groups is 1. The monoisotopic (exact) mass is 657 g/mol. The Morgan fingerprint density at radius 2 is 1.18 bits per heavy atom. The van der Waals surface area contributed by atoms with Crippen molar-refractivity contribution < 1.29 is 4.79 Å². The topological polar surface area (TPSA) is 79.8 Å². The summed E-state index contributed by atoms with van der Waals surface area (Å²) in [7, 11) is 0. The molecule has 2 aromatic rings. The van der Waals surface area contributed by atoms with Gasteiger partial charge in [-0.1, -0.05) is 94.3 Å². The van der Waals surface area contributed by atoms with Crippen molar-refractivity contribution in [1.82, 2.24) is 5.43 Å². The van der Waals surface area contributed by atoms with E-state index in [9.17, 15) is 4.79 Å². The van der Waals surface area contributed by atoms with Gasteiger partial charge in [-0.2, -0.15) is 0 Å². The van der Waals surface area contributed by atoms with E-state index in [2.05, 4.69) is 110 Å². The van der Waals surface area contributed by atoms with Crippen molar-refractivity contribution in [1.29, 1.82) is 0 Å². The Balaban J connectivity index is -0.000000538. The molecule has 0 aliphatic heterocycles. The van der Waals surface area contributed by atoms with Crippen molar-refractivity contribution in [3.05, 3.63) is 108 Å². The van der Waals surface area contributed by atoms with Gasteiger partial charge in [0.15, 0.2) is 0 Å². The zero-order valence-corrected chi connectivity index (χ0v) is 30.2. The zero-order chi connectivity index (χ0) is 32.0. The summed E-state index contributed by atoms with van der Waals surface area (Å²) >= 11 is 0. The lowest BCUT2D eigenvalue weighted by Crippen LogP contribution is -2.23. The van der Waals surface area contributed by atoms with Crippen LogP contribution in [-0.2, 0) is 17.6 Å². The number of allylic oxidation sites excluding steroid dienone is 4. The number of nitrogens with two attached hydrogens (primary N) is 1. The Morgan fingerprint density at radius 3 is 1.49 bits per heavy atom. The van der Waals surface area contributed by atoms with Gasteiger partial charge in [-0.25, -0.2) is 0 Å². The van der Waals surface area contributed by atoms with Gasteiger partial charge >= 0.3 is 0 Å². The number of nitrogens with one attached hydrogen (secondary N) is 1. The number of halogens is 2. The van der Waals surface area contributed by atoms with E-state index in [-0.39, 0.29) is 30.6 Å². The summed E-state index contributed by atoms with van der Waals surface area (Å²) < 4.78 is 0. The molecule has 0 radical (unpaired) electrons. The van der Waals surface area contributed by atoms with E-state index in [0.717, 1.165) is 51.6 Å². The minimum Gasteiger partial charge on any atom is -0.300 e. The minimum atomic E-state index is 0. The first kappa shape index (κ1) is 46.5. The lowest BCUT2D eigenvalue weighted by atomic mass is 10.1. The van der Waals surface area contributed by atoms with Crippen LogP contribution in [0.5, 0.6) is 0 Å². The van der Waals surface area contributed by atoms with Crippen LogP contribution < -0.4 is 11.3 Å². The molecule has 0 atom stereocenters. The molecule has 0 fully saturated rings. The fourth-order valence-electron chi connectivity index (χ4n) is 3.93. The van der Waals surface area contributed by atoms with Gasteiger partial charge in [-0.15, -0.1) is 24.8 Å². The van der Waals surface area contributed by atoms with Crippen molar-refractivity contribution in [3.63, 3.8) is 0 Å². The molecule has 0 heterocycles. The van der Waals surface area contributed by atoms with Gasteiger partial charge < -0.3 is 4.79 Å². The summed E-state index contributed by atoms with van der Waals surface area (Å²) in [5.41, 5.74) is 9.06. The standard InChI is InChI=1S/2C13H19N.C7H9N2.C5H10O.2ClH/c2*1-3-7-12(2)14-11-10-13-8-5-4-6-9-13;8-9-6-7-4-2-1-3-5-7;1-3-4-5(2)6;;/h2*4-6,8-9H,3,7,10-11H2,1-2H3;2-5,9H,6,8H2;3-4H2,1-2H3;2*1H/q;;+1;;;. The van der Waals surface area contributed by atoms with E-state index in [0.29, 0.717) is 6.54 Å². The molecule has 5 nitrogen and oxygen atoms in total. The quantitative estimate of drug-likeness (QED) is 0.0919. The van der Waals surface area contributed by atoms with Crippen LogP contribution in [0.3, 0.4) is 0 Å². The van der Waals surface area contributed by atoms with Crippen LogP contribution in [0.15, 0.2) is 101 Å². The first-order chi connectivity index (χ1) is 20.9. The maximum absolute atomic E-state index is 10.0. The van der Waals surface area contributed by atoms with E-state index in [4.69, 9.17) is 5.84 Å². The van der Waals surface area contributed by atoms with Crippen LogP contribution in [0.1, 0.15) is 91.2 Å². The molecule has 0 amide bonds. The first-order valence-electron chi connectivity index (χ1n) is 15.8. The number of benzene rings is 2. The molecule has 7 heteroatoms. The second kappa shape index (κ2) is 34.0. The highest BCUT2D eigenvalue weighted by molar-refractivity contribution is 5.85. The van der Waals surface area contributed by atoms with Gasteiger partial charge in [0.05, 0.1) is 24.3 Å². The largest absolute Gasteiger partial charge is 0.300 e. The Kier molecular flexibility index (Phi) is 35.1. The van der Waals surface area contributed by atoms with Gasteiger partial charge in [0.25, 0.3) is 0 Å². The summed E-state index contributed by atoms with van der Waals surface area (Å²) in [6, 6.07) is 21.1. The third-order valence-electron chi connectivity index (χ3n) is 6.17. The van der Waals surface area contributed by atoms with E-state index in [1.54, 1.807) is 6.92 Å². The Hall–Kier alpha value is -2.92. The molecular weight excluding hydrogens is 599 g/mol. The summed E-state index contributed by atoms with van der Waals surface area (Å²) in [5, 5.41) is 0. The third-order valence-corrected chi connectivity index (χ3v) is 6.17. The van der Waals surface area contributed by atoms with Gasteiger partial charge in [-0.3, -0.25) is 21.3 Å². The van der Waals surface area contributed by atoms with Crippen molar-refractivity contribution in [2.24, 2.45) is 15.8 Å². The normalized spacial score (nSPS) is 11.4. The molecule has 0 saturated carbocycles. The van der Waals surface area contributed by atoms with Crippen LogP contribution in [-0.4, -0.2) is 36.8 Å². The molecule has 250 valence electrons. The first-order valence-corrected chi connectivity index (χ1v) is 15.8. The van der Waals surface area contributed by atoms with Crippen LogP contribution in [0.25, 0.3) is 0 Å². The number of rotatable bonds is 14. The molecule has 0 spiro atoms. The molecule has 0 unspecified atom stereocenters. The van der Waals surface area contributed by atoms with Crippen molar-refractivity contribution in [2.45, 2.75) is 92.9 Å². The SMILES string of the molecule is CCCC(C)=NCCc1ccccc1.CCCC(C)=NCCc1ccccc1.CCCC(C)=O.Cl.Cl.NNCC1=CC=[C+]C=C1. The number of hydrogen-bond acceptors (Lipinski definition) is 5. The fourth-order valence-corrected chi connectivity index (χ4v) is 3.93. The summed E-state index contributed by atoms with van der Waals surface area (Å²) in [4.78, 5) is 19.1. The number of Topliss-reactive ketones (excluding diaryl/α,β-unsaturated/α-hetero) is 1. The van der Waals surface area contributed by atoms with Crippen molar-refractivity contribution in [3.8, 4) is 0 Å². The van der Waals surface area contributed by atoms with Gasteiger partial charge in [0.2, 0.25) is 0 Å². The molecule has 3 N–H and O–H groups in total. The number of ketones is 1. The maximum Gasteiger partial charge on any atom is 0.129 e. The number of carbonyl (C=O) groups excluding carboxylic acids is 1. The second-order valence-electron chi connectivity index (χ2n) is 10.4. The van der Waals surface area contributed by atoms with Crippen LogP contribution >= 0.6 is 24.8 Å². The van der Waals surface area contributed by atoms with Crippen LogP contribution in [0.2, 0.25) is 0 Å². The van der Waals surface area contributed by atoms with Crippen molar-refractivity contribution >= 4 is 42.0 Å².